The fourth-order valence-electron chi connectivity index (χ4n) is 5.47. The van der Waals surface area contributed by atoms with E-state index in [9.17, 15) is 5.11 Å². The van der Waals surface area contributed by atoms with Crippen LogP contribution in [0.15, 0.2) is 35.5 Å². The van der Waals surface area contributed by atoms with Crippen molar-refractivity contribution >= 4 is 0 Å². The van der Waals surface area contributed by atoms with Crippen LogP contribution >= 0.6 is 0 Å². The Bertz CT molecular complexity index is 518. The number of allylic oxidation sites excluding steroid dienone is 5. The summed E-state index contributed by atoms with van der Waals surface area (Å²) >= 11 is 0. The maximum atomic E-state index is 11.0. The van der Waals surface area contributed by atoms with Crippen LogP contribution in [-0.4, -0.2) is 10.7 Å². The van der Waals surface area contributed by atoms with Gasteiger partial charge in [-0.05, 0) is 76.0 Å². The van der Waals surface area contributed by atoms with Crippen LogP contribution in [-0.2, 0) is 0 Å². The van der Waals surface area contributed by atoms with Crippen molar-refractivity contribution in [2.24, 2.45) is 29.1 Å². The van der Waals surface area contributed by atoms with Crippen molar-refractivity contribution in [3.8, 4) is 0 Å². The average molecular weight is 286 g/mol. The van der Waals surface area contributed by atoms with E-state index >= 15 is 0 Å². The second-order valence-electron chi connectivity index (χ2n) is 8.17. The highest BCUT2D eigenvalue weighted by Gasteiger charge is 2.73. The second kappa shape index (κ2) is 4.84. The van der Waals surface area contributed by atoms with E-state index in [1.165, 1.54) is 18.4 Å². The summed E-state index contributed by atoms with van der Waals surface area (Å²) in [6.07, 6.45) is 12.3. The summed E-state index contributed by atoms with van der Waals surface area (Å²) < 4.78 is 0. The third-order valence-corrected chi connectivity index (χ3v) is 6.55. The molecule has 0 heterocycles. The number of aliphatic hydroxyl groups is 1. The van der Waals surface area contributed by atoms with Gasteiger partial charge in [0, 0.05) is 0 Å². The SMILES string of the molecule is CC(C)=C/C=C/C(C)(O)[C@@H]1CC=C(C)C23CC[C@@H](C)[C@H]2[C@H]13. The summed E-state index contributed by atoms with van der Waals surface area (Å²) in [7, 11) is 0. The molecule has 1 heteroatoms. The molecule has 0 aliphatic heterocycles. The third-order valence-electron chi connectivity index (χ3n) is 6.55. The Kier molecular flexibility index (Phi) is 3.48. The lowest BCUT2D eigenvalue weighted by Gasteiger charge is -2.36. The molecule has 116 valence electrons. The molecular weight excluding hydrogens is 256 g/mol. The maximum absolute atomic E-state index is 11.0. The number of hydrogen-bond acceptors (Lipinski definition) is 1. The molecule has 1 N–H and O–H groups in total. The predicted octanol–water partition coefficient (Wildman–Crippen LogP) is 4.89. The Morgan fingerprint density at radius 3 is 2.76 bits per heavy atom. The van der Waals surface area contributed by atoms with E-state index < -0.39 is 5.60 Å². The highest BCUT2D eigenvalue weighted by molar-refractivity contribution is 5.37. The van der Waals surface area contributed by atoms with Gasteiger partial charge in [0.05, 0.1) is 5.60 Å². The van der Waals surface area contributed by atoms with Gasteiger partial charge in [-0.3, -0.25) is 0 Å². The standard InChI is InChI=1S/C20H30O/c1-13(2)7-6-11-19(5,21)16-9-8-15(4)20-12-10-14(3)17(20)18(16)20/h6-8,11,14,16-18,21H,9-10,12H2,1-5H3/b11-6+/t14-,16-,17+,18+,19?,20?/m1/s1. The largest absolute Gasteiger partial charge is 0.386 e. The summed E-state index contributed by atoms with van der Waals surface area (Å²) in [5.74, 6) is 2.74. The van der Waals surface area contributed by atoms with E-state index in [0.29, 0.717) is 17.3 Å². The lowest BCUT2D eigenvalue weighted by molar-refractivity contribution is 0.0229. The monoisotopic (exact) mass is 286 g/mol. The minimum absolute atomic E-state index is 0.385. The third kappa shape index (κ3) is 2.16. The van der Waals surface area contributed by atoms with Crippen molar-refractivity contribution in [3.05, 3.63) is 35.5 Å². The van der Waals surface area contributed by atoms with Gasteiger partial charge in [0.2, 0.25) is 0 Å². The predicted molar refractivity (Wildman–Crippen MR) is 88.9 cm³/mol. The zero-order valence-electron chi connectivity index (χ0n) is 14.2. The first kappa shape index (κ1) is 15.1. The van der Waals surface area contributed by atoms with E-state index in [0.717, 1.165) is 18.3 Å². The minimum Gasteiger partial charge on any atom is -0.386 e. The minimum atomic E-state index is -0.690. The molecule has 2 unspecified atom stereocenters. The molecule has 3 aliphatic rings. The molecule has 3 rings (SSSR count). The van der Waals surface area contributed by atoms with Gasteiger partial charge in [0.15, 0.2) is 0 Å². The van der Waals surface area contributed by atoms with Gasteiger partial charge in [-0.1, -0.05) is 42.4 Å². The molecule has 1 spiro atoms. The van der Waals surface area contributed by atoms with Crippen LogP contribution in [0.25, 0.3) is 0 Å². The van der Waals surface area contributed by atoms with Gasteiger partial charge in [-0.15, -0.1) is 0 Å². The van der Waals surface area contributed by atoms with Crippen LogP contribution in [0.2, 0.25) is 0 Å². The highest BCUT2D eigenvalue weighted by atomic mass is 16.3. The Morgan fingerprint density at radius 2 is 2.10 bits per heavy atom. The molecule has 2 saturated carbocycles. The van der Waals surface area contributed by atoms with E-state index in [2.05, 4.69) is 39.8 Å². The molecule has 0 saturated heterocycles. The fourth-order valence-corrected chi connectivity index (χ4v) is 5.47. The molecule has 0 aromatic carbocycles. The molecule has 21 heavy (non-hydrogen) atoms. The molecule has 6 atom stereocenters. The van der Waals surface area contributed by atoms with Gasteiger partial charge in [-0.25, -0.2) is 0 Å². The number of hydrogen-bond donors (Lipinski definition) is 1. The molecule has 0 aromatic rings. The van der Waals surface area contributed by atoms with Gasteiger partial charge >= 0.3 is 0 Å². The number of rotatable bonds is 3. The van der Waals surface area contributed by atoms with E-state index in [-0.39, 0.29) is 0 Å². The molecule has 2 fully saturated rings. The smallest absolute Gasteiger partial charge is 0.0836 e. The molecule has 0 bridgehead atoms. The van der Waals surface area contributed by atoms with E-state index in [4.69, 9.17) is 0 Å². The summed E-state index contributed by atoms with van der Waals surface area (Å²) in [6.45, 7) is 10.9. The van der Waals surface area contributed by atoms with Crippen LogP contribution in [0.3, 0.4) is 0 Å². The van der Waals surface area contributed by atoms with Gasteiger partial charge in [0.25, 0.3) is 0 Å². The van der Waals surface area contributed by atoms with E-state index in [1.807, 2.05) is 19.1 Å². The average Bonchev–Trinajstić information content (AvgIpc) is 2.95. The van der Waals surface area contributed by atoms with Gasteiger partial charge < -0.3 is 5.11 Å². The molecular formula is C20H30O. The Morgan fingerprint density at radius 1 is 1.38 bits per heavy atom. The molecule has 0 aromatic heterocycles. The van der Waals surface area contributed by atoms with Crippen LogP contribution < -0.4 is 0 Å². The normalized spacial score (nSPS) is 43.8. The van der Waals surface area contributed by atoms with Crippen LogP contribution in [0.4, 0.5) is 0 Å². The Labute approximate surface area is 129 Å². The Hall–Kier alpha value is -0.820. The van der Waals surface area contributed by atoms with Crippen LogP contribution in [0, 0.1) is 29.1 Å². The molecule has 3 aliphatic carbocycles. The molecule has 0 amide bonds. The lowest BCUT2D eigenvalue weighted by atomic mass is 9.72. The van der Waals surface area contributed by atoms with Crippen molar-refractivity contribution < 1.29 is 5.11 Å². The topological polar surface area (TPSA) is 20.2 Å². The first-order chi connectivity index (χ1) is 9.80. The van der Waals surface area contributed by atoms with Crippen LogP contribution in [0.5, 0.6) is 0 Å². The lowest BCUT2D eigenvalue weighted by Crippen LogP contribution is -2.37. The van der Waals surface area contributed by atoms with Gasteiger partial charge in [-0.2, -0.15) is 0 Å². The maximum Gasteiger partial charge on any atom is 0.0836 e. The van der Waals surface area contributed by atoms with Gasteiger partial charge in [0.1, 0.15) is 0 Å². The van der Waals surface area contributed by atoms with E-state index in [1.54, 1.807) is 5.57 Å². The molecule has 0 radical (unpaired) electrons. The summed E-state index contributed by atoms with van der Waals surface area (Å²) in [4.78, 5) is 0. The van der Waals surface area contributed by atoms with Crippen molar-refractivity contribution in [3.63, 3.8) is 0 Å². The molecule has 1 nitrogen and oxygen atoms in total. The quantitative estimate of drug-likeness (QED) is 0.578. The summed E-state index contributed by atoms with van der Waals surface area (Å²) in [5, 5.41) is 11.0. The first-order valence-corrected chi connectivity index (χ1v) is 8.53. The summed E-state index contributed by atoms with van der Waals surface area (Å²) in [5.41, 5.74) is 2.65. The van der Waals surface area contributed by atoms with Crippen molar-refractivity contribution in [2.75, 3.05) is 0 Å². The Balaban J connectivity index is 1.85. The van der Waals surface area contributed by atoms with Crippen molar-refractivity contribution in [1.29, 1.82) is 0 Å². The van der Waals surface area contributed by atoms with Crippen LogP contribution in [0.1, 0.15) is 53.9 Å². The van der Waals surface area contributed by atoms with Crippen molar-refractivity contribution in [2.45, 2.75) is 59.5 Å². The number of fused-ring (bicyclic) bond motifs is 1. The highest BCUT2D eigenvalue weighted by Crippen LogP contribution is 2.78. The zero-order chi connectivity index (χ0) is 15.4. The van der Waals surface area contributed by atoms with Crippen molar-refractivity contribution in [1.82, 2.24) is 0 Å². The zero-order valence-corrected chi connectivity index (χ0v) is 14.2. The summed E-state index contributed by atoms with van der Waals surface area (Å²) in [6, 6.07) is 0. The fraction of sp³-hybridized carbons (Fsp3) is 0.700. The first-order valence-electron chi connectivity index (χ1n) is 8.53. The second-order valence-corrected chi connectivity index (χ2v) is 8.17.